The van der Waals surface area contributed by atoms with Crippen molar-refractivity contribution in [2.75, 3.05) is 18.8 Å². The highest BCUT2D eigenvalue weighted by Gasteiger charge is 2.31. The smallest absolute Gasteiger partial charge is 0.410 e. The van der Waals surface area contributed by atoms with Crippen LogP contribution in [0.5, 0.6) is 0 Å². The van der Waals surface area contributed by atoms with Crippen LogP contribution in [-0.2, 0) is 15.5 Å². The number of hydrogen-bond donors (Lipinski definition) is 1. The van der Waals surface area contributed by atoms with Gasteiger partial charge in [0.25, 0.3) is 0 Å². The van der Waals surface area contributed by atoms with Crippen molar-refractivity contribution < 1.29 is 13.7 Å². The van der Waals surface area contributed by atoms with Crippen LogP contribution < -0.4 is 0 Å². The number of nitrogens with one attached hydrogen (secondary N) is 1. The van der Waals surface area contributed by atoms with E-state index in [1.165, 1.54) is 0 Å². The lowest BCUT2D eigenvalue weighted by molar-refractivity contribution is 0.0289. The second-order valence-electron chi connectivity index (χ2n) is 7.15. The number of fused-ring (bicyclic) bond motifs is 1. The predicted octanol–water partition coefficient (Wildman–Crippen LogP) is 2.93. The van der Waals surface area contributed by atoms with Gasteiger partial charge in [0.15, 0.2) is 5.16 Å². The Balaban J connectivity index is 1.59. The highest BCUT2D eigenvalue weighted by molar-refractivity contribution is 7.84. The number of carbonyl (C=O) groups excluding carboxylic acids is 1. The highest BCUT2D eigenvalue weighted by Crippen LogP contribution is 2.22. The first kappa shape index (κ1) is 17.0. The molecule has 1 N–H and O–H groups in total. The van der Waals surface area contributed by atoms with E-state index in [1.54, 1.807) is 4.90 Å². The third-order valence-corrected chi connectivity index (χ3v) is 5.31. The van der Waals surface area contributed by atoms with Gasteiger partial charge in [-0.05, 0) is 45.2 Å². The summed E-state index contributed by atoms with van der Waals surface area (Å²) >= 11 is 0. The summed E-state index contributed by atoms with van der Waals surface area (Å²) in [6, 6.07) is 7.64. The quantitative estimate of drug-likeness (QED) is 0.924. The number of aromatic nitrogens is 2. The van der Waals surface area contributed by atoms with E-state index in [4.69, 9.17) is 4.74 Å². The molecule has 1 aromatic carbocycles. The number of para-hydroxylation sites is 2. The number of amides is 1. The maximum absolute atomic E-state index is 12.6. The Morgan fingerprint density at radius 1 is 1.42 bits per heavy atom. The van der Waals surface area contributed by atoms with Crippen LogP contribution in [0.25, 0.3) is 11.0 Å². The Morgan fingerprint density at radius 3 is 2.88 bits per heavy atom. The van der Waals surface area contributed by atoms with E-state index in [1.807, 2.05) is 45.0 Å². The number of hydrogen-bond acceptors (Lipinski definition) is 4. The summed E-state index contributed by atoms with van der Waals surface area (Å²) in [4.78, 5) is 21.3. The van der Waals surface area contributed by atoms with Gasteiger partial charge in [-0.25, -0.2) is 9.78 Å². The Hall–Kier alpha value is -1.89. The number of rotatable bonds is 3. The van der Waals surface area contributed by atoms with E-state index >= 15 is 0 Å². The van der Waals surface area contributed by atoms with Crippen molar-refractivity contribution in [1.29, 1.82) is 0 Å². The molecule has 0 spiro atoms. The normalized spacial score (nSPS) is 19.6. The molecule has 1 fully saturated rings. The molecule has 2 heterocycles. The summed E-state index contributed by atoms with van der Waals surface area (Å²) in [6.45, 7) is 6.80. The first-order chi connectivity index (χ1) is 11.3. The molecule has 24 heavy (non-hydrogen) atoms. The van der Waals surface area contributed by atoms with Crippen molar-refractivity contribution >= 4 is 27.9 Å². The molecule has 0 bridgehead atoms. The number of likely N-dealkylation sites (tertiary alicyclic amines) is 1. The van der Waals surface area contributed by atoms with Crippen molar-refractivity contribution in [1.82, 2.24) is 14.9 Å². The Morgan fingerprint density at radius 2 is 2.17 bits per heavy atom. The monoisotopic (exact) mass is 349 g/mol. The van der Waals surface area contributed by atoms with Gasteiger partial charge in [0.05, 0.1) is 21.8 Å². The van der Waals surface area contributed by atoms with Crippen LogP contribution in [0.4, 0.5) is 4.79 Å². The maximum atomic E-state index is 12.6. The summed E-state index contributed by atoms with van der Waals surface area (Å²) in [5.41, 5.74) is 1.22. The molecular weight excluding hydrogens is 326 g/mol. The number of imidazole rings is 1. The van der Waals surface area contributed by atoms with Crippen LogP contribution in [0.1, 0.15) is 27.2 Å². The van der Waals surface area contributed by atoms with Crippen molar-refractivity contribution in [3.63, 3.8) is 0 Å². The average Bonchev–Trinajstić information content (AvgIpc) is 3.11. The SMILES string of the molecule is CC(C)(C)OC(=O)N1CCC(CS(=O)c2nc3ccccc3[nH]2)C1. The van der Waals surface area contributed by atoms with Crippen molar-refractivity contribution in [3.8, 4) is 0 Å². The summed E-state index contributed by atoms with van der Waals surface area (Å²) in [7, 11) is -1.20. The molecule has 1 aliphatic heterocycles. The lowest BCUT2D eigenvalue weighted by Crippen LogP contribution is -2.35. The van der Waals surface area contributed by atoms with Gasteiger partial charge in [-0.2, -0.15) is 0 Å². The molecule has 2 unspecified atom stereocenters. The Labute approximate surface area is 144 Å². The van der Waals surface area contributed by atoms with Crippen LogP contribution in [-0.4, -0.2) is 49.6 Å². The van der Waals surface area contributed by atoms with Gasteiger partial charge in [0, 0.05) is 18.8 Å². The zero-order valence-electron chi connectivity index (χ0n) is 14.2. The number of H-pyrrole nitrogens is 1. The summed E-state index contributed by atoms with van der Waals surface area (Å²) in [5.74, 6) is 0.700. The van der Waals surface area contributed by atoms with E-state index in [0.717, 1.165) is 17.5 Å². The van der Waals surface area contributed by atoms with E-state index < -0.39 is 16.4 Å². The van der Waals surface area contributed by atoms with Gasteiger partial charge in [-0.1, -0.05) is 12.1 Å². The molecule has 3 rings (SSSR count). The van der Waals surface area contributed by atoms with Gasteiger partial charge in [-0.3, -0.25) is 4.21 Å². The fourth-order valence-electron chi connectivity index (χ4n) is 2.79. The van der Waals surface area contributed by atoms with Crippen molar-refractivity contribution in [2.45, 2.75) is 37.9 Å². The van der Waals surface area contributed by atoms with Gasteiger partial charge in [0.2, 0.25) is 0 Å². The summed E-state index contributed by atoms with van der Waals surface area (Å²) in [6.07, 6.45) is 0.546. The average molecular weight is 349 g/mol. The molecule has 7 heteroatoms. The van der Waals surface area contributed by atoms with Gasteiger partial charge < -0.3 is 14.6 Å². The lowest BCUT2D eigenvalue weighted by Gasteiger charge is -2.24. The van der Waals surface area contributed by atoms with Crippen molar-refractivity contribution in [2.24, 2.45) is 5.92 Å². The van der Waals surface area contributed by atoms with Gasteiger partial charge >= 0.3 is 6.09 Å². The number of carbonyl (C=O) groups is 1. The number of aromatic amines is 1. The second-order valence-corrected chi connectivity index (χ2v) is 8.56. The minimum Gasteiger partial charge on any atom is -0.444 e. The van der Waals surface area contributed by atoms with Crippen LogP contribution in [0.3, 0.4) is 0 Å². The fourth-order valence-corrected chi connectivity index (χ4v) is 4.07. The Bertz CT molecular complexity index is 733. The first-order valence-corrected chi connectivity index (χ1v) is 9.45. The van der Waals surface area contributed by atoms with Gasteiger partial charge in [-0.15, -0.1) is 0 Å². The summed E-state index contributed by atoms with van der Waals surface area (Å²) in [5, 5.41) is 0.506. The van der Waals surface area contributed by atoms with Crippen molar-refractivity contribution in [3.05, 3.63) is 24.3 Å². The number of ether oxygens (including phenoxy) is 1. The maximum Gasteiger partial charge on any atom is 0.410 e. The van der Waals surface area contributed by atoms with Crippen LogP contribution in [0, 0.1) is 5.92 Å². The van der Waals surface area contributed by atoms with Crippen LogP contribution >= 0.6 is 0 Å². The number of benzene rings is 1. The van der Waals surface area contributed by atoms with E-state index in [0.29, 0.717) is 24.0 Å². The second kappa shape index (κ2) is 6.55. The minimum atomic E-state index is -1.20. The molecule has 0 aliphatic carbocycles. The third kappa shape index (κ3) is 3.95. The third-order valence-electron chi connectivity index (χ3n) is 3.91. The number of nitrogens with zero attached hydrogens (tertiary/aromatic N) is 2. The highest BCUT2D eigenvalue weighted by atomic mass is 32.2. The lowest BCUT2D eigenvalue weighted by atomic mass is 10.2. The summed E-state index contributed by atoms with van der Waals surface area (Å²) < 4.78 is 18.0. The van der Waals surface area contributed by atoms with Crippen LogP contribution in [0.15, 0.2) is 29.4 Å². The molecule has 1 aromatic heterocycles. The van der Waals surface area contributed by atoms with E-state index in [-0.39, 0.29) is 12.0 Å². The van der Waals surface area contributed by atoms with Gasteiger partial charge in [0.1, 0.15) is 5.60 Å². The minimum absolute atomic E-state index is 0.201. The molecule has 1 saturated heterocycles. The van der Waals surface area contributed by atoms with E-state index in [2.05, 4.69) is 9.97 Å². The molecule has 1 aliphatic rings. The molecule has 2 aromatic rings. The Kier molecular flexibility index (Phi) is 4.62. The molecule has 1 amide bonds. The molecule has 6 nitrogen and oxygen atoms in total. The van der Waals surface area contributed by atoms with E-state index in [9.17, 15) is 9.00 Å². The fraction of sp³-hybridized carbons (Fsp3) is 0.529. The van der Waals surface area contributed by atoms with Crippen LogP contribution in [0.2, 0.25) is 0 Å². The zero-order valence-corrected chi connectivity index (χ0v) is 15.1. The zero-order chi connectivity index (χ0) is 17.3. The molecule has 0 saturated carbocycles. The molecule has 2 atom stereocenters. The molecule has 0 radical (unpaired) electrons. The molecular formula is C17H23N3O3S. The topological polar surface area (TPSA) is 75.3 Å². The predicted molar refractivity (Wildman–Crippen MR) is 93.3 cm³/mol. The first-order valence-electron chi connectivity index (χ1n) is 8.13. The molecule has 130 valence electrons. The largest absolute Gasteiger partial charge is 0.444 e. The standard InChI is InChI=1S/C17H23N3O3S/c1-17(2,3)23-16(21)20-9-8-12(10-20)11-24(22)15-18-13-6-4-5-7-14(13)19-15/h4-7,12H,8-11H2,1-3H3,(H,18,19).